The molecule has 0 bridgehead atoms. The molecule has 0 aliphatic carbocycles. The van der Waals surface area contributed by atoms with Crippen molar-refractivity contribution < 1.29 is 0 Å². The highest BCUT2D eigenvalue weighted by Crippen LogP contribution is 2.08. The molecule has 1 heterocycles. The normalized spacial score (nSPS) is 10.4. The molecular formula is C15H15N5. The van der Waals surface area contributed by atoms with Gasteiger partial charge in [-0.15, -0.1) is 0 Å². The van der Waals surface area contributed by atoms with Crippen molar-refractivity contribution in [3.05, 3.63) is 72.8 Å². The van der Waals surface area contributed by atoms with Crippen LogP contribution in [0.4, 0.5) is 5.69 Å². The Morgan fingerprint density at radius 3 is 2.45 bits per heavy atom. The van der Waals surface area contributed by atoms with Gasteiger partial charge in [-0.2, -0.15) is 5.10 Å². The summed E-state index contributed by atoms with van der Waals surface area (Å²) in [4.78, 5) is 3.93. The molecule has 2 aromatic carbocycles. The molecule has 0 radical (unpaired) electrons. The van der Waals surface area contributed by atoms with Crippen LogP contribution in [0.25, 0.3) is 5.69 Å². The maximum absolute atomic E-state index is 4.10. The predicted octanol–water partition coefficient (Wildman–Crippen LogP) is 2.38. The van der Waals surface area contributed by atoms with Gasteiger partial charge in [0.1, 0.15) is 12.7 Å². The summed E-state index contributed by atoms with van der Waals surface area (Å²) >= 11 is 0. The summed E-state index contributed by atoms with van der Waals surface area (Å²) in [6.07, 6.45) is 3.21. The van der Waals surface area contributed by atoms with E-state index in [2.05, 4.69) is 33.1 Å². The summed E-state index contributed by atoms with van der Waals surface area (Å²) in [6, 6.07) is 18.2. The van der Waals surface area contributed by atoms with Crippen molar-refractivity contribution >= 4 is 5.69 Å². The van der Waals surface area contributed by atoms with Crippen LogP contribution in [0.2, 0.25) is 0 Å². The van der Waals surface area contributed by atoms with Gasteiger partial charge in [0.15, 0.2) is 0 Å². The van der Waals surface area contributed by atoms with Crippen LogP contribution in [0.3, 0.4) is 0 Å². The van der Waals surface area contributed by atoms with E-state index in [1.807, 2.05) is 42.5 Å². The molecule has 5 heteroatoms. The lowest BCUT2D eigenvalue weighted by Crippen LogP contribution is -2.20. The van der Waals surface area contributed by atoms with Crippen molar-refractivity contribution in [1.29, 1.82) is 0 Å². The lowest BCUT2D eigenvalue weighted by atomic mass is 10.2. The number of nitrogens with zero attached hydrogens (tertiary/aromatic N) is 3. The van der Waals surface area contributed by atoms with Crippen LogP contribution in [0.5, 0.6) is 0 Å². The van der Waals surface area contributed by atoms with Crippen LogP contribution in [0.1, 0.15) is 5.56 Å². The summed E-state index contributed by atoms with van der Waals surface area (Å²) in [5.41, 5.74) is 9.59. The number of hydrogen-bond donors (Lipinski definition) is 2. The largest absolute Gasteiger partial charge is 0.321 e. The Hall–Kier alpha value is -2.66. The minimum absolute atomic E-state index is 0.743. The molecule has 1 aromatic heterocycles. The molecule has 2 N–H and O–H groups in total. The van der Waals surface area contributed by atoms with E-state index in [-0.39, 0.29) is 0 Å². The van der Waals surface area contributed by atoms with Crippen LogP contribution in [-0.2, 0) is 6.54 Å². The number of nitrogens with one attached hydrogen (secondary N) is 2. The van der Waals surface area contributed by atoms with Gasteiger partial charge in [-0.05, 0) is 29.8 Å². The van der Waals surface area contributed by atoms with Gasteiger partial charge in [0.05, 0.1) is 5.69 Å². The number of hydrazine groups is 1. The van der Waals surface area contributed by atoms with E-state index in [1.54, 1.807) is 11.0 Å². The molecule has 0 aliphatic heterocycles. The molecular weight excluding hydrogens is 250 g/mol. The molecule has 0 saturated heterocycles. The first kappa shape index (κ1) is 12.4. The van der Waals surface area contributed by atoms with Gasteiger partial charge < -0.3 is 5.43 Å². The van der Waals surface area contributed by atoms with E-state index in [1.165, 1.54) is 11.9 Å². The summed E-state index contributed by atoms with van der Waals surface area (Å²) in [5.74, 6) is 0. The quantitative estimate of drug-likeness (QED) is 0.695. The number of hydrogen-bond acceptors (Lipinski definition) is 4. The number of rotatable bonds is 5. The molecule has 0 spiro atoms. The fourth-order valence-corrected chi connectivity index (χ4v) is 1.88. The molecule has 0 unspecified atom stereocenters. The number of para-hydroxylation sites is 1. The third-order valence-electron chi connectivity index (χ3n) is 2.92. The first-order chi connectivity index (χ1) is 9.92. The average molecular weight is 265 g/mol. The molecule has 100 valence electrons. The van der Waals surface area contributed by atoms with Gasteiger partial charge in [-0.25, -0.2) is 15.1 Å². The highest BCUT2D eigenvalue weighted by Gasteiger charge is 1.97. The second kappa shape index (κ2) is 5.99. The van der Waals surface area contributed by atoms with Gasteiger partial charge in [0.2, 0.25) is 0 Å². The van der Waals surface area contributed by atoms with E-state index < -0.39 is 0 Å². The Kier molecular flexibility index (Phi) is 3.71. The lowest BCUT2D eigenvalue weighted by Gasteiger charge is -2.08. The molecule has 0 aliphatic rings. The molecule has 3 rings (SSSR count). The van der Waals surface area contributed by atoms with Crippen molar-refractivity contribution in [2.45, 2.75) is 6.54 Å². The summed E-state index contributed by atoms with van der Waals surface area (Å²) in [5, 5.41) is 4.10. The van der Waals surface area contributed by atoms with Crippen molar-refractivity contribution in [1.82, 2.24) is 20.2 Å². The van der Waals surface area contributed by atoms with E-state index in [9.17, 15) is 0 Å². The SMILES string of the molecule is c1ccc(NNCc2ccc(-n3cncn3)cc2)cc1. The van der Waals surface area contributed by atoms with Crippen molar-refractivity contribution in [3.8, 4) is 5.69 Å². The highest BCUT2D eigenvalue weighted by atomic mass is 15.3. The summed E-state index contributed by atoms with van der Waals surface area (Å²) in [6.45, 7) is 0.743. The zero-order valence-electron chi connectivity index (χ0n) is 10.9. The van der Waals surface area contributed by atoms with Crippen LogP contribution in [0.15, 0.2) is 67.3 Å². The average Bonchev–Trinajstić information content (AvgIpc) is 3.03. The topological polar surface area (TPSA) is 54.8 Å². The highest BCUT2D eigenvalue weighted by molar-refractivity contribution is 5.41. The number of aromatic nitrogens is 3. The van der Waals surface area contributed by atoms with E-state index in [4.69, 9.17) is 0 Å². The van der Waals surface area contributed by atoms with Crippen LogP contribution in [-0.4, -0.2) is 14.8 Å². The number of anilines is 1. The van der Waals surface area contributed by atoms with Gasteiger partial charge in [0, 0.05) is 12.2 Å². The Bertz CT molecular complexity index is 632. The minimum Gasteiger partial charge on any atom is -0.321 e. The molecule has 0 amide bonds. The van der Waals surface area contributed by atoms with Gasteiger partial charge in [-0.3, -0.25) is 0 Å². The van der Waals surface area contributed by atoms with Crippen molar-refractivity contribution in [2.75, 3.05) is 5.43 Å². The molecule has 0 atom stereocenters. The molecule has 0 fully saturated rings. The fraction of sp³-hybridized carbons (Fsp3) is 0.0667. The first-order valence-electron chi connectivity index (χ1n) is 6.40. The molecule has 0 saturated carbocycles. The lowest BCUT2D eigenvalue weighted by molar-refractivity contribution is 0.799. The maximum atomic E-state index is 4.10. The monoisotopic (exact) mass is 265 g/mol. The third-order valence-corrected chi connectivity index (χ3v) is 2.92. The van der Waals surface area contributed by atoms with Gasteiger partial charge >= 0.3 is 0 Å². The summed E-state index contributed by atoms with van der Waals surface area (Å²) < 4.78 is 1.74. The Morgan fingerprint density at radius 1 is 0.950 bits per heavy atom. The minimum atomic E-state index is 0.743. The fourth-order valence-electron chi connectivity index (χ4n) is 1.88. The van der Waals surface area contributed by atoms with Crippen molar-refractivity contribution in [3.63, 3.8) is 0 Å². The Labute approximate surface area is 117 Å². The van der Waals surface area contributed by atoms with Crippen molar-refractivity contribution in [2.24, 2.45) is 0 Å². The second-order valence-corrected chi connectivity index (χ2v) is 4.35. The first-order valence-corrected chi connectivity index (χ1v) is 6.40. The second-order valence-electron chi connectivity index (χ2n) is 4.35. The smallest absolute Gasteiger partial charge is 0.138 e. The van der Waals surface area contributed by atoms with Crippen LogP contribution < -0.4 is 10.9 Å². The van der Waals surface area contributed by atoms with Crippen LogP contribution >= 0.6 is 0 Å². The number of benzene rings is 2. The van der Waals surface area contributed by atoms with Crippen LogP contribution in [0, 0.1) is 0 Å². The zero-order chi connectivity index (χ0) is 13.6. The van der Waals surface area contributed by atoms with Gasteiger partial charge in [-0.1, -0.05) is 30.3 Å². The third kappa shape index (κ3) is 3.02. The Balaban J connectivity index is 1.56. The molecule has 20 heavy (non-hydrogen) atoms. The molecule has 3 aromatic rings. The zero-order valence-corrected chi connectivity index (χ0v) is 10.9. The summed E-state index contributed by atoms with van der Waals surface area (Å²) in [7, 11) is 0. The van der Waals surface area contributed by atoms with E-state index in [0.29, 0.717) is 0 Å². The maximum Gasteiger partial charge on any atom is 0.138 e. The van der Waals surface area contributed by atoms with Gasteiger partial charge in [0.25, 0.3) is 0 Å². The Morgan fingerprint density at radius 2 is 1.75 bits per heavy atom. The van der Waals surface area contributed by atoms with E-state index in [0.717, 1.165) is 17.9 Å². The molecule has 5 nitrogen and oxygen atoms in total. The predicted molar refractivity (Wildman–Crippen MR) is 78.3 cm³/mol. The standard InChI is InChI=1S/C15H15N5/c1-2-4-14(5-3-1)19-17-10-13-6-8-15(9-7-13)20-12-16-11-18-20/h1-9,11-12,17,19H,10H2. The van der Waals surface area contributed by atoms with E-state index >= 15 is 0 Å².